The number of sulfonamides is 1. The van der Waals surface area contributed by atoms with Crippen LogP contribution in [0, 0.1) is 0 Å². The number of carbonyl (C=O) groups is 2. The Balaban J connectivity index is 2.09. The number of hydrogen-bond acceptors (Lipinski definition) is 5. The molecule has 0 aliphatic rings. The molecule has 0 saturated carbocycles. The quantitative estimate of drug-likeness (QED) is 0.452. The molecule has 2 atom stereocenters. The van der Waals surface area contributed by atoms with Crippen LogP contribution in [0.3, 0.4) is 0 Å². The highest BCUT2D eigenvalue weighted by Gasteiger charge is 2.27. The Bertz CT molecular complexity index is 1060. The van der Waals surface area contributed by atoms with Crippen LogP contribution in [-0.2, 0) is 26.2 Å². The fraction of sp³-hybridized carbons (Fsp3) is 0.462. The molecule has 8 nitrogen and oxygen atoms in total. The molecule has 192 valence electrons. The van der Waals surface area contributed by atoms with E-state index in [-0.39, 0.29) is 42.3 Å². The van der Waals surface area contributed by atoms with Crippen LogP contribution in [-0.4, -0.2) is 62.2 Å². The summed E-state index contributed by atoms with van der Waals surface area (Å²) in [7, 11) is -0.538. The van der Waals surface area contributed by atoms with Crippen molar-refractivity contribution >= 4 is 21.8 Å². The second-order valence-electron chi connectivity index (χ2n) is 8.61. The van der Waals surface area contributed by atoms with Crippen LogP contribution < -0.4 is 10.1 Å². The average Bonchev–Trinajstić information content (AvgIpc) is 2.87. The Morgan fingerprint density at radius 2 is 1.66 bits per heavy atom. The number of nitrogens with zero attached hydrogens (tertiary/aromatic N) is 2. The summed E-state index contributed by atoms with van der Waals surface area (Å²) in [6.07, 6.45) is 1.24. The van der Waals surface area contributed by atoms with Gasteiger partial charge in [0.1, 0.15) is 11.8 Å². The molecule has 2 amide bonds. The molecule has 2 rings (SSSR count). The van der Waals surface area contributed by atoms with Crippen molar-refractivity contribution in [2.75, 3.05) is 20.7 Å². The first kappa shape index (κ1) is 28.3. The van der Waals surface area contributed by atoms with Crippen molar-refractivity contribution in [1.82, 2.24) is 14.5 Å². The van der Waals surface area contributed by atoms with Crippen molar-refractivity contribution in [3.8, 4) is 5.75 Å². The van der Waals surface area contributed by atoms with Crippen LogP contribution in [0.25, 0.3) is 0 Å². The second kappa shape index (κ2) is 13.3. The maximum absolute atomic E-state index is 13.2. The average molecular weight is 504 g/mol. The van der Waals surface area contributed by atoms with Crippen LogP contribution in [0.1, 0.15) is 45.6 Å². The van der Waals surface area contributed by atoms with Gasteiger partial charge in [-0.15, -0.1) is 0 Å². The Labute approximate surface area is 209 Å². The van der Waals surface area contributed by atoms with Gasteiger partial charge in [0.25, 0.3) is 0 Å². The summed E-state index contributed by atoms with van der Waals surface area (Å²) in [4.78, 5) is 27.8. The number of carbonyl (C=O) groups excluding carboxylic acids is 2. The van der Waals surface area contributed by atoms with E-state index in [1.165, 1.54) is 11.4 Å². The number of methoxy groups -OCH3 is 1. The molecule has 0 aromatic heterocycles. The van der Waals surface area contributed by atoms with Gasteiger partial charge in [-0.2, -0.15) is 0 Å². The summed E-state index contributed by atoms with van der Waals surface area (Å²) in [5.74, 6) is 0.278. The second-order valence-corrected chi connectivity index (χ2v) is 10.7. The number of hydrogen-bond donors (Lipinski definition) is 1. The topological polar surface area (TPSA) is 96.0 Å². The molecule has 0 aliphatic carbocycles. The third kappa shape index (κ3) is 8.07. The van der Waals surface area contributed by atoms with Crippen molar-refractivity contribution in [3.63, 3.8) is 0 Å². The zero-order chi connectivity index (χ0) is 26.0. The minimum absolute atomic E-state index is 0.000249. The highest BCUT2D eigenvalue weighted by atomic mass is 32.2. The predicted octanol–water partition coefficient (Wildman–Crippen LogP) is 3.43. The van der Waals surface area contributed by atoms with E-state index in [0.29, 0.717) is 12.2 Å². The van der Waals surface area contributed by atoms with E-state index in [1.54, 1.807) is 49.3 Å². The number of rotatable bonds is 13. The molecule has 2 aromatic rings. The zero-order valence-electron chi connectivity index (χ0n) is 21.2. The van der Waals surface area contributed by atoms with E-state index in [9.17, 15) is 18.0 Å². The van der Waals surface area contributed by atoms with Gasteiger partial charge in [-0.25, -0.2) is 12.7 Å². The van der Waals surface area contributed by atoms with Crippen molar-refractivity contribution in [2.45, 2.75) is 63.6 Å². The number of amides is 2. The molecule has 0 radical (unpaired) electrons. The lowest BCUT2D eigenvalue weighted by atomic mass is 10.1. The Kier molecular flexibility index (Phi) is 10.7. The van der Waals surface area contributed by atoms with Gasteiger partial charge < -0.3 is 15.0 Å². The summed E-state index contributed by atoms with van der Waals surface area (Å²) in [5, 5.41) is 2.94. The monoisotopic (exact) mass is 503 g/mol. The van der Waals surface area contributed by atoms with Gasteiger partial charge in [0.05, 0.1) is 12.0 Å². The lowest BCUT2D eigenvalue weighted by Gasteiger charge is -2.30. The van der Waals surface area contributed by atoms with Gasteiger partial charge in [-0.05, 0) is 56.5 Å². The zero-order valence-corrected chi connectivity index (χ0v) is 22.0. The minimum Gasteiger partial charge on any atom is -0.497 e. The smallest absolute Gasteiger partial charge is 0.242 e. The molecule has 0 unspecified atom stereocenters. The Morgan fingerprint density at radius 1 is 1.03 bits per heavy atom. The number of nitrogens with one attached hydrogen (secondary N) is 1. The summed E-state index contributed by atoms with van der Waals surface area (Å²) in [6.45, 7) is 6.06. The number of benzene rings is 2. The van der Waals surface area contributed by atoms with Crippen molar-refractivity contribution in [3.05, 3.63) is 60.2 Å². The van der Waals surface area contributed by atoms with Crippen molar-refractivity contribution in [1.29, 1.82) is 0 Å². The lowest BCUT2D eigenvalue weighted by molar-refractivity contribution is -0.141. The minimum atomic E-state index is -3.63. The van der Waals surface area contributed by atoms with Gasteiger partial charge in [0.15, 0.2) is 0 Å². The van der Waals surface area contributed by atoms with E-state index in [4.69, 9.17) is 4.74 Å². The van der Waals surface area contributed by atoms with Crippen LogP contribution in [0.15, 0.2) is 59.5 Å². The van der Waals surface area contributed by atoms with Crippen LogP contribution in [0.4, 0.5) is 0 Å². The SMILES string of the molecule is CC[C@H](C)NC(=O)[C@H](C)N(Cc1ccc(OC)cc1)C(=O)CCCN(C)S(=O)(=O)c1ccccc1. The molecule has 1 N–H and O–H groups in total. The highest BCUT2D eigenvalue weighted by molar-refractivity contribution is 7.89. The summed E-state index contributed by atoms with van der Waals surface area (Å²) < 4.78 is 31.9. The summed E-state index contributed by atoms with van der Waals surface area (Å²) >= 11 is 0. The first-order chi connectivity index (χ1) is 16.6. The lowest BCUT2D eigenvalue weighted by Crippen LogP contribution is -2.49. The van der Waals surface area contributed by atoms with Gasteiger partial charge in [-0.3, -0.25) is 9.59 Å². The molecule has 0 fully saturated rings. The van der Waals surface area contributed by atoms with Gasteiger partial charge in [0.2, 0.25) is 21.8 Å². The molecule has 0 aliphatic heterocycles. The standard InChI is InChI=1S/C26H37N3O5S/c1-6-20(2)27-26(31)21(3)29(19-22-14-16-23(34-5)17-15-22)25(30)13-10-18-28(4)35(32,33)24-11-8-7-9-12-24/h7-9,11-12,14-17,20-21H,6,10,13,18-19H2,1-5H3,(H,27,31)/t20-,21-/m0/s1. The molecule has 0 spiro atoms. The summed E-state index contributed by atoms with van der Waals surface area (Å²) in [6, 6.07) is 14.9. The molecule has 9 heteroatoms. The molecular weight excluding hydrogens is 466 g/mol. The van der Waals surface area contributed by atoms with Crippen LogP contribution >= 0.6 is 0 Å². The van der Waals surface area contributed by atoms with E-state index in [2.05, 4.69) is 5.32 Å². The van der Waals surface area contributed by atoms with Crippen LogP contribution in [0.2, 0.25) is 0 Å². The third-order valence-electron chi connectivity index (χ3n) is 6.00. The highest BCUT2D eigenvalue weighted by Crippen LogP contribution is 2.17. The largest absolute Gasteiger partial charge is 0.497 e. The van der Waals surface area contributed by atoms with Crippen LogP contribution in [0.5, 0.6) is 5.75 Å². The van der Waals surface area contributed by atoms with E-state index in [0.717, 1.165) is 12.0 Å². The maximum atomic E-state index is 13.2. The fourth-order valence-corrected chi connectivity index (χ4v) is 4.70. The van der Waals surface area contributed by atoms with E-state index < -0.39 is 16.1 Å². The van der Waals surface area contributed by atoms with Gasteiger partial charge in [0, 0.05) is 32.6 Å². The van der Waals surface area contributed by atoms with Gasteiger partial charge in [-0.1, -0.05) is 37.3 Å². The first-order valence-electron chi connectivity index (χ1n) is 11.8. The number of ether oxygens (including phenoxy) is 1. The van der Waals surface area contributed by atoms with Gasteiger partial charge >= 0.3 is 0 Å². The molecule has 2 aromatic carbocycles. The Morgan fingerprint density at radius 3 is 2.23 bits per heavy atom. The summed E-state index contributed by atoms with van der Waals surface area (Å²) in [5.41, 5.74) is 0.867. The molecule has 0 heterocycles. The van der Waals surface area contributed by atoms with Crippen molar-refractivity contribution in [2.24, 2.45) is 0 Å². The fourth-order valence-electron chi connectivity index (χ4n) is 3.46. The predicted molar refractivity (Wildman–Crippen MR) is 136 cm³/mol. The molecule has 35 heavy (non-hydrogen) atoms. The molecule has 0 saturated heterocycles. The van der Waals surface area contributed by atoms with Crippen molar-refractivity contribution < 1.29 is 22.7 Å². The molecule has 0 bridgehead atoms. The maximum Gasteiger partial charge on any atom is 0.242 e. The third-order valence-corrected chi connectivity index (χ3v) is 7.87. The first-order valence-corrected chi connectivity index (χ1v) is 13.3. The van der Waals surface area contributed by atoms with E-state index in [1.807, 2.05) is 38.1 Å². The Hall–Kier alpha value is -2.91. The van der Waals surface area contributed by atoms with E-state index >= 15 is 0 Å². The molecular formula is C26H37N3O5S. The normalized spacial score (nSPS) is 13.2.